The second-order valence-electron chi connectivity index (χ2n) is 8.15. The minimum atomic E-state index is -4.66. The molecule has 0 bridgehead atoms. The Hall–Kier alpha value is -3.25. The third-order valence-corrected chi connectivity index (χ3v) is 6.11. The van der Waals surface area contributed by atoms with Gasteiger partial charge in [0, 0.05) is 19.5 Å². The van der Waals surface area contributed by atoms with E-state index in [1.54, 1.807) is 23.0 Å². The van der Waals surface area contributed by atoms with Gasteiger partial charge in [0.25, 0.3) is 12.6 Å². The minimum absolute atomic E-state index is 0.00845. The molecular weight excluding hydrogens is 499 g/mol. The summed E-state index contributed by atoms with van der Waals surface area (Å²) in [7, 11) is 0. The van der Waals surface area contributed by atoms with Crippen LogP contribution in [0.1, 0.15) is 49.5 Å². The fourth-order valence-electron chi connectivity index (χ4n) is 3.28. The summed E-state index contributed by atoms with van der Waals surface area (Å²) in [6.07, 6.45) is -0.431. The Labute approximate surface area is 209 Å². The van der Waals surface area contributed by atoms with Crippen LogP contribution in [0.2, 0.25) is 0 Å². The number of carbonyl (C=O) groups excluding carboxylic acids is 2. The number of aliphatic hydroxyl groups is 1. The number of aryl methyl sites for hydroxylation is 1. The van der Waals surface area contributed by atoms with Crippen molar-refractivity contribution in [1.82, 2.24) is 4.57 Å². The van der Waals surface area contributed by atoms with Crippen LogP contribution in [0.5, 0.6) is 5.75 Å². The molecule has 0 unspecified atom stereocenters. The lowest BCUT2D eigenvalue weighted by atomic mass is 10.1. The molecule has 36 heavy (non-hydrogen) atoms. The molecule has 12 heteroatoms. The number of amides is 1. The Balaban J connectivity index is 2.10. The monoisotopic (exact) mass is 526 g/mol. The summed E-state index contributed by atoms with van der Waals surface area (Å²) in [5, 5.41) is 9.51. The van der Waals surface area contributed by atoms with Crippen LogP contribution < -0.4 is 14.1 Å². The zero-order valence-electron chi connectivity index (χ0n) is 20.0. The van der Waals surface area contributed by atoms with E-state index in [9.17, 15) is 27.9 Å². The van der Waals surface area contributed by atoms with Crippen LogP contribution in [0.4, 0.5) is 13.2 Å². The van der Waals surface area contributed by atoms with Crippen molar-refractivity contribution >= 4 is 33.4 Å². The Kier molecular flexibility index (Phi) is 8.85. The van der Waals surface area contributed by atoms with Crippen LogP contribution >= 0.6 is 11.3 Å². The molecule has 0 aliphatic heterocycles. The molecule has 1 aromatic carbocycles. The summed E-state index contributed by atoms with van der Waals surface area (Å²) in [6, 6.07) is 4.37. The van der Waals surface area contributed by atoms with Gasteiger partial charge in [-0.05, 0) is 31.5 Å². The summed E-state index contributed by atoms with van der Waals surface area (Å²) < 4.78 is 54.7. The number of benzene rings is 1. The van der Waals surface area contributed by atoms with Crippen molar-refractivity contribution in [3.63, 3.8) is 0 Å². The zero-order valence-corrected chi connectivity index (χ0v) is 20.9. The molecule has 1 atom stereocenters. The van der Waals surface area contributed by atoms with E-state index < -0.39 is 29.7 Å². The molecule has 2 aromatic heterocycles. The van der Waals surface area contributed by atoms with Crippen LogP contribution in [-0.2, 0) is 29.0 Å². The van der Waals surface area contributed by atoms with Gasteiger partial charge in [-0.15, -0.1) is 0 Å². The third kappa shape index (κ3) is 6.91. The predicted molar refractivity (Wildman–Crippen MR) is 125 cm³/mol. The Morgan fingerprint density at radius 3 is 2.67 bits per heavy atom. The number of halogens is 3. The number of esters is 1. The lowest BCUT2D eigenvalue weighted by Crippen LogP contribution is -2.35. The summed E-state index contributed by atoms with van der Waals surface area (Å²) >= 11 is 1.22. The number of aliphatic hydroxyl groups excluding tert-OH is 1. The van der Waals surface area contributed by atoms with E-state index in [2.05, 4.69) is 4.99 Å². The van der Waals surface area contributed by atoms with Gasteiger partial charge >= 0.3 is 12.1 Å². The fraction of sp³-hybridized carbons (Fsp3) is 0.417. The van der Waals surface area contributed by atoms with Gasteiger partial charge in [0.2, 0.25) is 0 Å². The summed E-state index contributed by atoms with van der Waals surface area (Å²) in [5.41, 5.74) is -0.619. The van der Waals surface area contributed by atoms with E-state index in [1.165, 1.54) is 25.2 Å². The number of alkyl halides is 3. The van der Waals surface area contributed by atoms with Crippen LogP contribution in [0.3, 0.4) is 0 Å². The van der Waals surface area contributed by atoms with E-state index in [4.69, 9.17) is 9.47 Å². The molecule has 0 spiro atoms. The molecule has 1 amide bonds. The molecule has 1 N–H and O–H groups in total. The van der Waals surface area contributed by atoms with Crippen LogP contribution in [0.15, 0.2) is 41.7 Å². The number of pyridine rings is 1. The molecule has 0 radical (unpaired) electrons. The molecule has 0 saturated carbocycles. The van der Waals surface area contributed by atoms with Crippen molar-refractivity contribution in [2.45, 2.75) is 59.2 Å². The topological polar surface area (TPSA) is 94.0 Å². The van der Waals surface area contributed by atoms with Crippen LogP contribution in [0.25, 0.3) is 10.2 Å². The molecule has 8 nitrogen and oxygen atoms in total. The van der Waals surface area contributed by atoms with E-state index in [0.29, 0.717) is 17.4 Å². The van der Waals surface area contributed by atoms with Crippen LogP contribution in [0, 0.1) is 0 Å². The molecule has 3 rings (SSSR count). The number of unbranched alkanes of at least 4 members (excludes halogenated alkanes) is 1. The first-order valence-corrected chi connectivity index (χ1v) is 12.1. The van der Waals surface area contributed by atoms with E-state index in [1.807, 2.05) is 11.5 Å². The molecule has 2 heterocycles. The van der Waals surface area contributed by atoms with Gasteiger partial charge in [0.05, 0.1) is 21.9 Å². The number of hydrogen-bond acceptors (Lipinski definition) is 6. The smallest absolute Gasteiger partial charge is 0.416 e. The number of thiazole rings is 1. The van der Waals surface area contributed by atoms with Gasteiger partial charge in [-0.2, -0.15) is 22.7 Å². The van der Waals surface area contributed by atoms with E-state index in [-0.39, 0.29) is 24.7 Å². The summed E-state index contributed by atoms with van der Waals surface area (Å²) in [4.78, 5) is 28.8. The predicted octanol–water partition coefficient (Wildman–Crippen LogP) is 3.83. The van der Waals surface area contributed by atoms with Crippen molar-refractivity contribution < 1.29 is 41.9 Å². The maximum Gasteiger partial charge on any atom is 0.416 e. The minimum Gasteiger partial charge on any atom is -0.490 e. The third-order valence-electron chi connectivity index (χ3n) is 5.05. The maximum atomic E-state index is 13.3. The number of rotatable bonds is 9. The lowest BCUT2D eigenvalue weighted by molar-refractivity contribution is -0.726. The quantitative estimate of drug-likeness (QED) is 0.338. The average Bonchev–Trinajstić information content (AvgIpc) is 3.15. The number of aromatic nitrogens is 2. The zero-order chi connectivity index (χ0) is 26.5. The van der Waals surface area contributed by atoms with Gasteiger partial charge < -0.3 is 19.1 Å². The van der Waals surface area contributed by atoms with Gasteiger partial charge in [-0.3, -0.25) is 9.59 Å². The van der Waals surface area contributed by atoms with Gasteiger partial charge in [0.1, 0.15) is 17.9 Å². The second-order valence-corrected chi connectivity index (χ2v) is 9.16. The maximum absolute atomic E-state index is 13.3. The normalized spacial score (nSPS) is 13.1. The Bertz CT molecular complexity index is 1310. The Morgan fingerprint density at radius 2 is 2.03 bits per heavy atom. The highest BCUT2D eigenvalue weighted by molar-refractivity contribution is 7.16. The average molecular weight is 527 g/mol. The number of hydrogen-bond donors (Lipinski definition) is 1. The largest absolute Gasteiger partial charge is 0.490 e. The van der Waals surface area contributed by atoms with E-state index in [0.717, 1.165) is 35.2 Å². The molecule has 0 aliphatic carbocycles. The molecule has 0 fully saturated rings. The highest BCUT2D eigenvalue weighted by Crippen LogP contribution is 2.33. The van der Waals surface area contributed by atoms with Gasteiger partial charge in [-0.25, -0.2) is 0 Å². The van der Waals surface area contributed by atoms with Crippen LogP contribution in [-0.4, -0.2) is 34.3 Å². The summed E-state index contributed by atoms with van der Waals surface area (Å²) in [5.74, 6) is -1.42. The fourth-order valence-corrected chi connectivity index (χ4v) is 4.30. The standard InChI is InChI=1S/C24H27F3N3O5S/c1-4-5-9-30-19-12-29(14-35-16(3)32)10-8-21(19)36-23(30)28-22(33)18-11-17(24(25,26)27)6-7-20(18)34-13-15(2)31/h6-8,10-12,15,31H,4-5,9,13-14H2,1-3H3/q+1/b28-23-/t15-/m0/s1. The SMILES string of the molecule is CCCCn1/c(=N/C(=O)c2cc(C(F)(F)F)ccc2OC[C@H](C)O)sc2cc[n+](COC(C)=O)cc21. The molecule has 3 aromatic rings. The van der Waals surface area contributed by atoms with Crippen molar-refractivity contribution in [2.24, 2.45) is 4.99 Å². The van der Waals surface area contributed by atoms with Crippen molar-refractivity contribution in [1.29, 1.82) is 0 Å². The Morgan fingerprint density at radius 1 is 1.28 bits per heavy atom. The second kappa shape index (κ2) is 11.7. The van der Waals surface area contributed by atoms with Gasteiger partial charge in [0.15, 0.2) is 17.2 Å². The number of nitrogens with zero attached hydrogens (tertiary/aromatic N) is 3. The van der Waals surface area contributed by atoms with Crippen molar-refractivity contribution in [3.8, 4) is 5.75 Å². The van der Waals surface area contributed by atoms with Crippen molar-refractivity contribution in [3.05, 3.63) is 52.6 Å². The first kappa shape index (κ1) is 27.3. The summed E-state index contributed by atoms with van der Waals surface area (Å²) in [6.45, 7) is 5.10. The first-order valence-electron chi connectivity index (χ1n) is 11.3. The lowest BCUT2D eigenvalue weighted by Gasteiger charge is -2.13. The van der Waals surface area contributed by atoms with Gasteiger partial charge in [-0.1, -0.05) is 24.7 Å². The number of ether oxygens (including phenoxy) is 2. The molecule has 0 aliphatic rings. The molecular formula is C24H27F3N3O5S+. The number of carbonyl (C=O) groups is 2. The first-order chi connectivity index (χ1) is 17.0. The number of fused-ring (bicyclic) bond motifs is 1. The van der Waals surface area contributed by atoms with E-state index >= 15 is 0 Å². The highest BCUT2D eigenvalue weighted by atomic mass is 32.1. The molecule has 194 valence electrons. The molecule has 0 saturated heterocycles. The highest BCUT2D eigenvalue weighted by Gasteiger charge is 2.32. The van der Waals surface area contributed by atoms with Crippen molar-refractivity contribution in [2.75, 3.05) is 6.61 Å².